The smallest absolute Gasteiger partial charge is 0.221 e. The lowest BCUT2D eigenvalue weighted by Gasteiger charge is -2.08. The summed E-state index contributed by atoms with van der Waals surface area (Å²) in [6, 6.07) is 1.83. The molecule has 0 spiro atoms. The van der Waals surface area contributed by atoms with Crippen LogP contribution in [0.2, 0.25) is 0 Å². The van der Waals surface area contributed by atoms with Crippen molar-refractivity contribution >= 4 is 5.91 Å². The second kappa shape index (κ2) is 7.00. The van der Waals surface area contributed by atoms with Gasteiger partial charge in [-0.05, 0) is 18.9 Å². The Morgan fingerprint density at radius 2 is 2.44 bits per heavy atom. The summed E-state index contributed by atoms with van der Waals surface area (Å²) in [6.45, 7) is 3.05. The fraction of sp³-hybridized carbons (Fsp3) is 0.636. The van der Waals surface area contributed by atoms with Crippen LogP contribution >= 0.6 is 0 Å². The zero-order valence-corrected chi connectivity index (χ0v) is 9.59. The molecule has 1 aromatic rings. The van der Waals surface area contributed by atoms with E-state index in [2.05, 4.69) is 10.4 Å². The van der Waals surface area contributed by atoms with E-state index in [0.29, 0.717) is 25.9 Å². The molecular weight excluding hydrogens is 206 g/mol. The van der Waals surface area contributed by atoms with Gasteiger partial charge in [0, 0.05) is 31.9 Å². The lowest BCUT2D eigenvalue weighted by Crippen LogP contribution is -2.27. The van der Waals surface area contributed by atoms with Gasteiger partial charge < -0.3 is 10.4 Å². The molecule has 5 nitrogen and oxygen atoms in total. The van der Waals surface area contributed by atoms with E-state index in [0.717, 1.165) is 6.42 Å². The van der Waals surface area contributed by atoms with Crippen LogP contribution in [0.15, 0.2) is 18.5 Å². The van der Waals surface area contributed by atoms with E-state index in [4.69, 9.17) is 0 Å². The third-order valence-corrected chi connectivity index (χ3v) is 2.40. The van der Waals surface area contributed by atoms with Gasteiger partial charge in [0.25, 0.3) is 0 Å². The molecule has 2 N–H and O–H groups in total. The molecule has 1 aromatic heterocycles. The molecule has 0 aromatic carbocycles. The van der Waals surface area contributed by atoms with Crippen LogP contribution in [0.4, 0.5) is 0 Å². The molecule has 1 atom stereocenters. The van der Waals surface area contributed by atoms with Crippen LogP contribution in [0.25, 0.3) is 0 Å². The van der Waals surface area contributed by atoms with E-state index in [1.807, 2.05) is 19.2 Å². The van der Waals surface area contributed by atoms with Crippen molar-refractivity contribution in [3.8, 4) is 0 Å². The zero-order chi connectivity index (χ0) is 11.8. The highest BCUT2D eigenvalue weighted by Crippen LogP contribution is 1.95. The van der Waals surface area contributed by atoms with Crippen LogP contribution in [-0.4, -0.2) is 33.4 Å². The number of carbonyl (C=O) groups excluding carboxylic acids is 1. The number of aliphatic hydroxyl groups is 1. The average molecular weight is 225 g/mol. The number of aryl methyl sites for hydroxylation is 1. The topological polar surface area (TPSA) is 67.2 Å². The maximum absolute atomic E-state index is 11.4. The first-order chi connectivity index (χ1) is 7.72. The summed E-state index contributed by atoms with van der Waals surface area (Å²) in [7, 11) is 0. The highest BCUT2D eigenvalue weighted by Gasteiger charge is 2.03. The van der Waals surface area contributed by atoms with E-state index in [1.54, 1.807) is 10.9 Å². The Bertz CT molecular complexity index is 298. The summed E-state index contributed by atoms with van der Waals surface area (Å²) >= 11 is 0. The van der Waals surface area contributed by atoms with Crippen molar-refractivity contribution in [3.63, 3.8) is 0 Å². The number of aromatic nitrogens is 2. The molecule has 0 saturated heterocycles. The third kappa shape index (κ3) is 4.93. The Morgan fingerprint density at radius 1 is 1.62 bits per heavy atom. The maximum atomic E-state index is 11.4. The van der Waals surface area contributed by atoms with E-state index in [-0.39, 0.29) is 12.0 Å². The van der Waals surface area contributed by atoms with Gasteiger partial charge in [0.1, 0.15) is 0 Å². The average Bonchev–Trinajstić information content (AvgIpc) is 2.79. The third-order valence-electron chi connectivity index (χ3n) is 2.40. The van der Waals surface area contributed by atoms with Crippen LogP contribution in [0.5, 0.6) is 0 Å². The monoisotopic (exact) mass is 225 g/mol. The minimum Gasteiger partial charge on any atom is -0.393 e. The predicted molar refractivity (Wildman–Crippen MR) is 60.8 cm³/mol. The van der Waals surface area contributed by atoms with Gasteiger partial charge in [-0.1, -0.05) is 6.92 Å². The van der Waals surface area contributed by atoms with Crippen LogP contribution in [0, 0.1) is 0 Å². The van der Waals surface area contributed by atoms with Crippen molar-refractivity contribution in [1.82, 2.24) is 15.1 Å². The number of hydrogen-bond donors (Lipinski definition) is 2. The summed E-state index contributed by atoms with van der Waals surface area (Å²) in [5, 5.41) is 16.1. The molecule has 5 heteroatoms. The van der Waals surface area contributed by atoms with Gasteiger partial charge in [0.15, 0.2) is 0 Å². The van der Waals surface area contributed by atoms with Gasteiger partial charge in [-0.15, -0.1) is 0 Å². The molecule has 1 amide bonds. The molecule has 1 heterocycles. The van der Waals surface area contributed by atoms with E-state index in [9.17, 15) is 9.90 Å². The molecule has 0 saturated carbocycles. The van der Waals surface area contributed by atoms with Crippen molar-refractivity contribution in [2.45, 2.75) is 38.8 Å². The summed E-state index contributed by atoms with van der Waals surface area (Å²) in [5.41, 5.74) is 0. The predicted octanol–water partition coefficient (Wildman–Crippen LogP) is 0.550. The highest BCUT2D eigenvalue weighted by atomic mass is 16.3. The van der Waals surface area contributed by atoms with Crippen LogP contribution < -0.4 is 5.32 Å². The first-order valence-corrected chi connectivity index (χ1v) is 5.64. The minimum atomic E-state index is -0.314. The molecule has 0 radical (unpaired) electrons. The number of amides is 1. The Morgan fingerprint density at radius 3 is 3.06 bits per heavy atom. The molecule has 0 aliphatic rings. The molecule has 1 unspecified atom stereocenters. The highest BCUT2D eigenvalue weighted by molar-refractivity contribution is 5.75. The summed E-state index contributed by atoms with van der Waals surface area (Å²) in [5.74, 6) is -0.00111. The van der Waals surface area contributed by atoms with Gasteiger partial charge >= 0.3 is 0 Å². The van der Waals surface area contributed by atoms with Crippen molar-refractivity contribution in [2.24, 2.45) is 0 Å². The molecular formula is C11H19N3O2. The molecule has 0 bridgehead atoms. The number of hydrogen-bond acceptors (Lipinski definition) is 3. The van der Waals surface area contributed by atoms with Gasteiger partial charge in [0.05, 0.1) is 6.10 Å². The van der Waals surface area contributed by atoms with Crippen molar-refractivity contribution in [1.29, 1.82) is 0 Å². The molecule has 90 valence electrons. The number of carbonyl (C=O) groups is 1. The first-order valence-electron chi connectivity index (χ1n) is 5.64. The minimum absolute atomic E-state index is 0.00111. The second-order valence-electron chi connectivity index (χ2n) is 3.72. The van der Waals surface area contributed by atoms with Crippen molar-refractivity contribution in [3.05, 3.63) is 18.5 Å². The molecule has 16 heavy (non-hydrogen) atoms. The van der Waals surface area contributed by atoms with Gasteiger partial charge in [0.2, 0.25) is 5.91 Å². The van der Waals surface area contributed by atoms with E-state index < -0.39 is 0 Å². The molecule has 0 aliphatic heterocycles. The quantitative estimate of drug-likeness (QED) is 0.712. The Balaban J connectivity index is 2.07. The first kappa shape index (κ1) is 12.7. The summed E-state index contributed by atoms with van der Waals surface area (Å²) in [6.07, 6.45) is 4.96. The molecule has 0 fully saturated rings. The SMILES string of the molecule is CCC(O)CCNC(=O)CCn1cccn1. The normalized spacial score (nSPS) is 12.4. The van der Waals surface area contributed by atoms with Crippen molar-refractivity contribution < 1.29 is 9.90 Å². The van der Waals surface area contributed by atoms with Crippen LogP contribution in [0.1, 0.15) is 26.2 Å². The van der Waals surface area contributed by atoms with Crippen LogP contribution in [0.3, 0.4) is 0 Å². The Hall–Kier alpha value is -1.36. The Kier molecular flexibility index (Phi) is 5.56. The van der Waals surface area contributed by atoms with Crippen molar-refractivity contribution in [2.75, 3.05) is 6.54 Å². The van der Waals surface area contributed by atoms with E-state index in [1.165, 1.54) is 0 Å². The van der Waals surface area contributed by atoms with E-state index >= 15 is 0 Å². The van der Waals surface area contributed by atoms with Gasteiger partial charge in [-0.3, -0.25) is 9.48 Å². The number of rotatable bonds is 7. The lowest BCUT2D eigenvalue weighted by atomic mass is 10.2. The number of nitrogens with zero attached hydrogens (tertiary/aromatic N) is 2. The van der Waals surface area contributed by atoms with Crippen LogP contribution in [-0.2, 0) is 11.3 Å². The lowest BCUT2D eigenvalue weighted by molar-refractivity contribution is -0.121. The van der Waals surface area contributed by atoms with Gasteiger partial charge in [-0.2, -0.15) is 5.10 Å². The Labute approximate surface area is 95.5 Å². The second-order valence-corrected chi connectivity index (χ2v) is 3.72. The molecule has 0 aliphatic carbocycles. The fourth-order valence-corrected chi connectivity index (χ4v) is 1.32. The summed E-state index contributed by atoms with van der Waals surface area (Å²) in [4.78, 5) is 11.4. The molecule has 1 rings (SSSR count). The standard InChI is InChI=1S/C11H19N3O2/c1-2-10(15)4-7-12-11(16)5-9-14-8-3-6-13-14/h3,6,8,10,15H,2,4-5,7,9H2,1H3,(H,12,16). The largest absolute Gasteiger partial charge is 0.393 e. The zero-order valence-electron chi connectivity index (χ0n) is 9.59. The fourth-order valence-electron chi connectivity index (χ4n) is 1.32. The number of nitrogens with one attached hydrogen (secondary N) is 1. The number of aliphatic hydroxyl groups excluding tert-OH is 1. The summed E-state index contributed by atoms with van der Waals surface area (Å²) < 4.78 is 1.72. The van der Waals surface area contributed by atoms with Gasteiger partial charge in [-0.25, -0.2) is 0 Å². The maximum Gasteiger partial charge on any atom is 0.221 e.